The number of aromatic amines is 1. The van der Waals surface area contributed by atoms with E-state index in [2.05, 4.69) is 10.3 Å². The fraction of sp³-hybridized carbons (Fsp3) is 0.450. The lowest BCUT2D eigenvalue weighted by atomic mass is 9.88. The summed E-state index contributed by atoms with van der Waals surface area (Å²) in [6, 6.07) is -2.94. The molecule has 0 saturated carbocycles. The molecule has 3 atom stereocenters. The maximum Gasteiger partial charge on any atom is 0.307 e. The predicted molar refractivity (Wildman–Crippen MR) is 206 cm³/mol. The van der Waals surface area contributed by atoms with Crippen molar-refractivity contribution < 1.29 is 79.2 Å². The van der Waals surface area contributed by atoms with E-state index < -0.39 is 117 Å². The first-order valence-corrected chi connectivity index (χ1v) is 19.1. The van der Waals surface area contributed by atoms with E-state index in [1.54, 1.807) is 0 Å². The van der Waals surface area contributed by atoms with Gasteiger partial charge in [-0.25, -0.2) is 0 Å². The van der Waals surface area contributed by atoms with Gasteiger partial charge in [0.1, 0.15) is 0 Å². The van der Waals surface area contributed by atoms with Crippen LogP contribution in [0, 0.1) is 0 Å². The average Bonchev–Trinajstić information content (AvgIpc) is 3.81. The highest BCUT2D eigenvalue weighted by Crippen LogP contribution is 2.40. The van der Waals surface area contributed by atoms with Crippen molar-refractivity contribution in [1.29, 1.82) is 0 Å². The molecular weight excluding hydrogens is 792 g/mol. The molecule has 10 N–H and O–H groups in total. The van der Waals surface area contributed by atoms with Crippen LogP contribution in [0.25, 0.3) is 0 Å². The molecule has 20 nitrogen and oxygen atoms in total. The molecule has 4 aliphatic rings. The molecule has 0 aliphatic carbocycles. The molecule has 0 aromatic carbocycles. The molecule has 1 aromatic rings. The number of allylic oxidation sites excluding steroid dienone is 4. The largest absolute Gasteiger partial charge is 0.481 e. The lowest BCUT2D eigenvalue weighted by Gasteiger charge is -2.16. The van der Waals surface area contributed by atoms with E-state index >= 15 is 0 Å². The quantitative estimate of drug-likeness (QED) is 0.0902. The van der Waals surface area contributed by atoms with E-state index in [-0.39, 0.29) is 101 Å². The van der Waals surface area contributed by atoms with Gasteiger partial charge in [-0.1, -0.05) is 0 Å². The van der Waals surface area contributed by atoms with Crippen LogP contribution in [0.2, 0.25) is 0 Å². The molecule has 1 aromatic heterocycles. The fourth-order valence-corrected chi connectivity index (χ4v) is 8.52. The second-order valence-electron chi connectivity index (χ2n) is 14.9. The Morgan fingerprint density at radius 1 is 0.500 bits per heavy atom. The van der Waals surface area contributed by atoms with Gasteiger partial charge in [0.25, 0.3) is 0 Å². The number of nitrogens with one attached hydrogen (secondary N) is 2. The van der Waals surface area contributed by atoms with Gasteiger partial charge in [-0.3, -0.25) is 48.3 Å². The predicted octanol–water partition coefficient (Wildman–Crippen LogP) is 2.56. The molecule has 5 rings (SSSR count). The third-order valence-electron chi connectivity index (χ3n) is 10.9. The van der Waals surface area contributed by atoms with E-state index in [1.165, 1.54) is 6.08 Å². The number of hydrogen-bond donors (Lipinski definition) is 10. The monoisotopic (exact) mass is 836 g/mol. The number of aromatic nitrogens is 1. The zero-order valence-electron chi connectivity index (χ0n) is 32.2. The molecule has 0 spiro atoms. The van der Waals surface area contributed by atoms with Gasteiger partial charge in [0.2, 0.25) is 0 Å². The van der Waals surface area contributed by atoms with Crippen LogP contribution in [-0.4, -0.2) is 123 Å². The first-order valence-electron chi connectivity index (χ1n) is 19.1. The van der Waals surface area contributed by atoms with Gasteiger partial charge in [0.15, 0.2) is 0 Å². The molecule has 8 bridgehead atoms. The smallest absolute Gasteiger partial charge is 0.307 e. The van der Waals surface area contributed by atoms with Crippen LogP contribution in [-0.2, 0) is 64.0 Å². The van der Waals surface area contributed by atoms with Crippen molar-refractivity contribution in [2.24, 2.45) is 9.98 Å². The number of carboxylic acid groups (broad SMARTS) is 8. The van der Waals surface area contributed by atoms with E-state index in [4.69, 9.17) is 9.98 Å². The van der Waals surface area contributed by atoms with Gasteiger partial charge < -0.3 is 51.2 Å². The summed E-state index contributed by atoms with van der Waals surface area (Å²) in [5.74, 6) is -9.91. The molecule has 0 amide bonds. The Morgan fingerprint density at radius 2 is 0.967 bits per heavy atom. The first kappa shape index (κ1) is 44.2. The van der Waals surface area contributed by atoms with E-state index in [0.29, 0.717) is 16.8 Å². The summed E-state index contributed by atoms with van der Waals surface area (Å²) < 4.78 is 0. The van der Waals surface area contributed by atoms with Crippen molar-refractivity contribution in [2.45, 2.75) is 114 Å². The van der Waals surface area contributed by atoms with Gasteiger partial charge in [-0.05, 0) is 76.3 Å². The van der Waals surface area contributed by atoms with Gasteiger partial charge in [0.05, 0.1) is 49.5 Å². The molecule has 20 heteroatoms. The third kappa shape index (κ3) is 10.8. The van der Waals surface area contributed by atoms with Crippen molar-refractivity contribution in [3.8, 4) is 0 Å². The highest BCUT2D eigenvalue weighted by Gasteiger charge is 2.38. The first-order chi connectivity index (χ1) is 28.3. The van der Waals surface area contributed by atoms with Crippen molar-refractivity contribution >= 4 is 59.2 Å². The Balaban J connectivity index is 1.84. The minimum atomic E-state index is -1.28. The number of hydrogen-bond acceptors (Lipinski definition) is 11. The van der Waals surface area contributed by atoms with Crippen molar-refractivity contribution in [2.75, 3.05) is 0 Å². The number of carbonyl (C=O) groups is 8. The minimum absolute atomic E-state index is 0.122. The SMILES string of the molecule is O=C(O)CCC1=C(CC(=O)O)C2CC3=NC(Cc4[nH]c(c(CC(=O)O)c4CCC(=O)O)CC4N/C(=C\C1=N2)C(CCC(=O)O)=C4CC(=O)O)C(CC(=O)O)=C3CCC(=O)O. The Hall–Kier alpha value is -6.86. The summed E-state index contributed by atoms with van der Waals surface area (Å²) in [4.78, 5) is 110. The number of carboxylic acids is 8. The Labute approximate surface area is 340 Å². The number of nitrogens with zero attached hydrogens (tertiary/aromatic N) is 2. The van der Waals surface area contributed by atoms with Crippen LogP contribution < -0.4 is 5.32 Å². The van der Waals surface area contributed by atoms with Crippen LogP contribution in [0.4, 0.5) is 0 Å². The lowest BCUT2D eigenvalue weighted by molar-refractivity contribution is -0.138. The van der Waals surface area contributed by atoms with Gasteiger partial charge >= 0.3 is 47.8 Å². The molecule has 5 heterocycles. The summed E-state index contributed by atoms with van der Waals surface area (Å²) in [6.45, 7) is 0. The average molecular weight is 837 g/mol. The van der Waals surface area contributed by atoms with Crippen LogP contribution in [0.15, 0.2) is 55.2 Å². The summed E-state index contributed by atoms with van der Waals surface area (Å²) in [5, 5.41) is 82.2. The van der Waals surface area contributed by atoms with Crippen LogP contribution in [0.3, 0.4) is 0 Å². The van der Waals surface area contributed by atoms with Crippen molar-refractivity contribution in [1.82, 2.24) is 10.3 Å². The second kappa shape index (κ2) is 18.8. The van der Waals surface area contributed by atoms with Crippen LogP contribution in [0.5, 0.6) is 0 Å². The molecule has 320 valence electrons. The van der Waals surface area contributed by atoms with E-state index in [9.17, 15) is 79.2 Å². The topological polar surface area (TPSA) is 351 Å². The maximum absolute atomic E-state index is 12.3. The molecule has 0 saturated heterocycles. The number of rotatable bonds is 20. The van der Waals surface area contributed by atoms with Crippen molar-refractivity contribution in [3.63, 3.8) is 0 Å². The second-order valence-corrected chi connectivity index (χ2v) is 14.9. The number of fused-ring (bicyclic) bond motifs is 6. The van der Waals surface area contributed by atoms with E-state index in [0.717, 1.165) is 0 Å². The molecule has 4 aliphatic heterocycles. The molecule has 0 fully saturated rings. The molecule has 0 radical (unpaired) electrons. The number of aliphatic imine (C=N–C) groups is 2. The molecular formula is C40H44N4O16. The summed E-state index contributed by atoms with van der Waals surface area (Å²) in [5.41, 5.74) is 3.21. The Bertz CT molecular complexity index is 2240. The Morgan fingerprint density at radius 3 is 1.52 bits per heavy atom. The lowest BCUT2D eigenvalue weighted by Crippen LogP contribution is -2.28. The van der Waals surface area contributed by atoms with Crippen LogP contribution in [0.1, 0.15) is 93.1 Å². The molecule has 60 heavy (non-hydrogen) atoms. The molecule has 3 unspecified atom stereocenters. The number of H-pyrrole nitrogens is 1. The normalized spacial score (nSPS) is 20.6. The van der Waals surface area contributed by atoms with Crippen molar-refractivity contribution in [3.05, 3.63) is 67.7 Å². The minimum Gasteiger partial charge on any atom is -0.481 e. The summed E-state index contributed by atoms with van der Waals surface area (Å²) in [6.07, 6.45) is -3.78. The summed E-state index contributed by atoms with van der Waals surface area (Å²) in [7, 11) is 0. The third-order valence-corrected chi connectivity index (χ3v) is 10.9. The Kier molecular flexibility index (Phi) is 13.9. The maximum atomic E-state index is 12.3. The highest BCUT2D eigenvalue weighted by atomic mass is 16.4. The number of aliphatic carboxylic acids is 8. The summed E-state index contributed by atoms with van der Waals surface area (Å²) >= 11 is 0. The fourth-order valence-electron chi connectivity index (χ4n) is 8.52. The van der Waals surface area contributed by atoms with Crippen LogP contribution >= 0.6 is 0 Å². The van der Waals surface area contributed by atoms with Gasteiger partial charge in [-0.2, -0.15) is 0 Å². The standard InChI is InChI=1S/C40H44N4O16/c45-33(46)5-1-17-21(9-37(53)54)29-14-27-19(3-7-35(49)50)22(10-38(55)56)30(43-27)15-28-20(4-8-36(51)52)24(12-40(59)60)32(44-28)16-31-23(11-39(57)58)18(2-6-34(47)48)26(42-31)13-25(17)41-29/h13,29-31,42,44H,1-12,14-16H2,(H,45,46)(H,47,48)(H,49,50)(H,51,52)(H,53,54)(H,55,56)(H,57,58)(H,59,60)/b26-13-. The van der Waals surface area contributed by atoms with Gasteiger partial charge in [-0.15, -0.1) is 0 Å². The zero-order chi connectivity index (χ0) is 44.0. The van der Waals surface area contributed by atoms with E-state index in [1.807, 2.05) is 0 Å². The highest BCUT2D eigenvalue weighted by molar-refractivity contribution is 6.13. The zero-order valence-corrected chi connectivity index (χ0v) is 32.2. The van der Waals surface area contributed by atoms with Gasteiger partial charge in [0, 0.05) is 67.7 Å².